The van der Waals surface area contributed by atoms with Gasteiger partial charge in [-0.2, -0.15) is 0 Å². The Morgan fingerprint density at radius 2 is 0.978 bits per heavy atom. The molecule has 16 nitrogen and oxygen atoms in total. The lowest BCUT2D eigenvalue weighted by Crippen LogP contribution is -2.49. The molecule has 1 aliphatic heterocycles. The number of carbonyl (C=O) groups is 5. The maximum Gasteiger partial charge on any atom is 0.317 e. The van der Waals surface area contributed by atoms with E-state index >= 15 is 0 Å². The topological polar surface area (TPSA) is 224 Å². The second-order valence-corrected chi connectivity index (χ2v) is 12.1. The van der Waals surface area contributed by atoms with Gasteiger partial charge in [0.1, 0.15) is 0 Å². The summed E-state index contributed by atoms with van der Waals surface area (Å²) in [4.78, 5) is 65.7. The number of nitrogens with zero attached hydrogens (tertiary/aromatic N) is 4. The van der Waals surface area contributed by atoms with Crippen molar-refractivity contribution in [1.29, 1.82) is 0 Å². The second kappa shape index (κ2) is 22.6. The molecule has 0 spiro atoms. The first kappa shape index (κ1) is 40.1. The largest absolute Gasteiger partial charge is 0.480 e. The SMILES string of the molecule is CC(C)CCCNC(=O)C[C@H](O)C[C@H](O)CCNC(=O)CN1CCN(CC(=O)O)CCN(CC(=O)O)CCN(CC(=O)O)CC1. The second-order valence-electron chi connectivity index (χ2n) is 12.1. The first-order valence-corrected chi connectivity index (χ1v) is 15.7. The molecular weight excluding hydrogens is 592 g/mol. The molecule has 2 amide bonds. The van der Waals surface area contributed by atoms with Crippen LogP contribution in [0, 0.1) is 5.92 Å². The van der Waals surface area contributed by atoms with Crippen molar-refractivity contribution < 1.29 is 49.5 Å². The van der Waals surface area contributed by atoms with E-state index in [2.05, 4.69) is 24.5 Å². The van der Waals surface area contributed by atoms with Crippen LogP contribution in [0.4, 0.5) is 0 Å². The van der Waals surface area contributed by atoms with Gasteiger partial charge in [0.15, 0.2) is 0 Å². The average molecular weight is 647 g/mol. The smallest absolute Gasteiger partial charge is 0.317 e. The molecule has 16 heteroatoms. The zero-order chi connectivity index (χ0) is 33.8. The normalized spacial score (nSPS) is 18.0. The minimum absolute atomic E-state index is 0.00979. The molecule has 7 N–H and O–H groups in total. The number of rotatable bonds is 19. The van der Waals surface area contributed by atoms with Crippen molar-refractivity contribution >= 4 is 29.7 Å². The van der Waals surface area contributed by atoms with Crippen LogP contribution in [0.25, 0.3) is 0 Å². The van der Waals surface area contributed by atoms with E-state index in [0.29, 0.717) is 38.6 Å². The monoisotopic (exact) mass is 646 g/mol. The molecule has 1 saturated heterocycles. The van der Waals surface area contributed by atoms with Gasteiger partial charge in [0, 0.05) is 65.4 Å². The number of aliphatic carboxylic acids is 3. The van der Waals surface area contributed by atoms with E-state index in [1.807, 2.05) is 0 Å². The highest BCUT2D eigenvalue weighted by molar-refractivity contribution is 5.78. The number of carboxylic acids is 3. The minimum Gasteiger partial charge on any atom is -0.480 e. The van der Waals surface area contributed by atoms with Crippen LogP contribution < -0.4 is 10.6 Å². The molecule has 0 aromatic carbocycles. The van der Waals surface area contributed by atoms with Crippen LogP contribution in [0.5, 0.6) is 0 Å². The van der Waals surface area contributed by atoms with Gasteiger partial charge in [0.25, 0.3) is 0 Å². The zero-order valence-electron chi connectivity index (χ0n) is 26.7. The fraction of sp³-hybridized carbons (Fsp3) is 0.828. The molecule has 1 fully saturated rings. The quantitative estimate of drug-likeness (QED) is 0.0756. The lowest BCUT2D eigenvalue weighted by Gasteiger charge is -2.32. The van der Waals surface area contributed by atoms with E-state index in [9.17, 15) is 49.5 Å². The molecule has 0 aromatic rings. The van der Waals surface area contributed by atoms with Gasteiger partial charge in [0.2, 0.25) is 11.8 Å². The summed E-state index contributed by atoms with van der Waals surface area (Å²) in [5, 5.41) is 53.9. The van der Waals surface area contributed by atoms with Gasteiger partial charge in [-0.05, 0) is 31.6 Å². The van der Waals surface area contributed by atoms with E-state index in [1.54, 1.807) is 19.6 Å². The molecule has 0 aromatic heterocycles. The third-order valence-electron chi connectivity index (χ3n) is 7.42. The third-order valence-corrected chi connectivity index (χ3v) is 7.42. The first-order valence-electron chi connectivity index (χ1n) is 15.7. The highest BCUT2D eigenvalue weighted by Crippen LogP contribution is 2.07. The summed E-state index contributed by atoms with van der Waals surface area (Å²) >= 11 is 0. The highest BCUT2D eigenvalue weighted by Gasteiger charge is 2.21. The third kappa shape index (κ3) is 21.5. The summed E-state index contributed by atoms with van der Waals surface area (Å²) in [6.45, 7) is 6.41. The molecule has 0 unspecified atom stereocenters. The van der Waals surface area contributed by atoms with Gasteiger partial charge in [-0.3, -0.25) is 43.6 Å². The van der Waals surface area contributed by atoms with Gasteiger partial charge in [-0.1, -0.05) is 13.8 Å². The molecule has 0 saturated carbocycles. The Balaban J connectivity index is 2.64. The van der Waals surface area contributed by atoms with Crippen molar-refractivity contribution in [2.45, 2.75) is 58.2 Å². The Bertz CT molecular complexity index is 892. The number of carboxylic acid groups (broad SMARTS) is 3. The number of hydrogen-bond donors (Lipinski definition) is 7. The van der Waals surface area contributed by atoms with Crippen LogP contribution in [-0.4, -0.2) is 179 Å². The number of amides is 2. The molecule has 1 rings (SSSR count). The van der Waals surface area contributed by atoms with Crippen molar-refractivity contribution in [2.24, 2.45) is 5.92 Å². The molecule has 260 valence electrons. The Morgan fingerprint density at radius 3 is 1.38 bits per heavy atom. The summed E-state index contributed by atoms with van der Waals surface area (Å²) in [5.74, 6) is -3.17. The van der Waals surface area contributed by atoms with Crippen molar-refractivity contribution in [1.82, 2.24) is 30.2 Å². The minimum atomic E-state index is -1.03. The molecule has 45 heavy (non-hydrogen) atoms. The van der Waals surface area contributed by atoms with Crippen molar-refractivity contribution in [3.8, 4) is 0 Å². The summed E-state index contributed by atoms with van der Waals surface area (Å²) in [6.07, 6.45) is -0.0446. The van der Waals surface area contributed by atoms with Crippen molar-refractivity contribution in [3.63, 3.8) is 0 Å². The maximum atomic E-state index is 12.8. The van der Waals surface area contributed by atoms with Crippen LogP contribution in [0.1, 0.15) is 46.0 Å². The summed E-state index contributed by atoms with van der Waals surface area (Å²) in [5.41, 5.74) is 0. The Kier molecular flexibility index (Phi) is 20.1. The molecule has 2 atom stereocenters. The Morgan fingerprint density at radius 1 is 0.578 bits per heavy atom. The van der Waals surface area contributed by atoms with Crippen molar-refractivity contribution in [2.75, 3.05) is 91.6 Å². The molecule has 1 heterocycles. The lowest BCUT2D eigenvalue weighted by molar-refractivity contribution is -0.140. The van der Waals surface area contributed by atoms with E-state index in [-0.39, 0.29) is 90.0 Å². The predicted molar refractivity (Wildman–Crippen MR) is 165 cm³/mol. The van der Waals surface area contributed by atoms with E-state index in [0.717, 1.165) is 12.8 Å². The highest BCUT2D eigenvalue weighted by atomic mass is 16.4. The number of hydrogen-bond acceptors (Lipinski definition) is 11. The van der Waals surface area contributed by atoms with Gasteiger partial charge in [-0.15, -0.1) is 0 Å². The van der Waals surface area contributed by atoms with Crippen LogP contribution >= 0.6 is 0 Å². The van der Waals surface area contributed by atoms with E-state index in [4.69, 9.17) is 0 Å². The fourth-order valence-electron chi connectivity index (χ4n) is 4.96. The lowest BCUT2D eigenvalue weighted by atomic mass is 10.1. The van der Waals surface area contributed by atoms with Crippen LogP contribution in [0.2, 0.25) is 0 Å². The van der Waals surface area contributed by atoms with Crippen LogP contribution in [-0.2, 0) is 24.0 Å². The molecular formula is C29H54N6O10. The standard InChI is InChI=1S/C29H54N6O10/c1-22(2)4-3-6-30-25(38)17-24(37)16-23(36)5-7-31-26(39)18-32-8-10-33(19-27(40)41)12-14-35(21-29(44)45)15-13-34(11-9-32)20-28(42)43/h22-24,36-37H,3-21H2,1-2H3,(H,30,38)(H,31,39)(H,40,41)(H,42,43)(H,44,45)/t23-,24-/m1/s1. The van der Waals surface area contributed by atoms with Crippen LogP contribution in [0.3, 0.4) is 0 Å². The fourth-order valence-corrected chi connectivity index (χ4v) is 4.96. The zero-order valence-corrected chi connectivity index (χ0v) is 26.7. The Hall–Kier alpha value is -2.89. The van der Waals surface area contributed by atoms with Gasteiger partial charge < -0.3 is 36.2 Å². The molecule has 1 aliphatic rings. The average Bonchev–Trinajstić information content (AvgIpc) is 2.91. The number of nitrogens with one attached hydrogen (secondary N) is 2. The Labute approximate surface area is 265 Å². The number of aliphatic hydroxyl groups excluding tert-OH is 2. The van der Waals surface area contributed by atoms with E-state index < -0.39 is 30.1 Å². The van der Waals surface area contributed by atoms with Gasteiger partial charge in [-0.25, -0.2) is 0 Å². The van der Waals surface area contributed by atoms with Crippen molar-refractivity contribution in [3.05, 3.63) is 0 Å². The van der Waals surface area contributed by atoms with Crippen LogP contribution in [0.15, 0.2) is 0 Å². The molecule has 0 aliphatic carbocycles. The number of aliphatic hydroxyl groups is 2. The van der Waals surface area contributed by atoms with E-state index in [1.165, 1.54) is 0 Å². The maximum absolute atomic E-state index is 12.8. The molecule has 0 bridgehead atoms. The predicted octanol–water partition coefficient (Wildman–Crippen LogP) is -1.98. The summed E-state index contributed by atoms with van der Waals surface area (Å²) in [6, 6.07) is 0. The first-order chi connectivity index (χ1) is 21.2. The summed E-state index contributed by atoms with van der Waals surface area (Å²) in [7, 11) is 0. The van der Waals surface area contributed by atoms with Gasteiger partial charge in [0.05, 0.1) is 44.8 Å². The van der Waals surface area contributed by atoms with Gasteiger partial charge >= 0.3 is 17.9 Å². The number of carbonyl (C=O) groups excluding carboxylic acids is 2. The molecule has 0 radical (unpaired) electrons. The summed E-state index contributed by atoms with van der Waals surface area (Å²) < 4.78 is 0.